The van der Waals surface area contributed by atoms with Crippen LogP contribution in [0.4, 0.5) is 0 Å². The Morgan fingerprint density at radius 1 is 1.05 bits per heavy atom. The Morgan fingerprint density at radius 2 is 1.50 bits per heavy atom. The Hall–Kier alpha value is -0.960. The lowest BCUT2D eigenvalue weighted by Crippen LogP contribution is -2.20. The number of benzene rings is 1. The second-order valence-electron chi connectivity index (χ2n) is 7.96. The first-order chi connectivity index (χ1) is 9.96. The molecule has 0 aromatic heterocycles. The van der Waals surface area contributed by atoms with Gasteiger partial charge in [-0.25, -0.2) is 0 Å². The summed E-state index contributed by atoms with van der Waals surface area (Å²) < 4.78 is 4.91. The highest BCUT2D eigenvalue weighted by molar-refractivity contribution is 7.80. The van der Waals surface area contributed by atoms with E-state index in [1.165, 1.54) is 22.3 Å². The maximum Gasteiger partial charge on any atom is 0.306 e. The van der Waals surface area contributed by atoms with Crippen LogP contribution in [0.2, 0.25) is 0 Å². The summed E-state index contributed by atoms with van der Waals surface area (Å²) in [5.74, 6) is -0.0436. The van der Waals surface area contributed by atoms with Gasteiger partial charge in [-0.3, -0.25) is 4.79 Å². The van der Waals surface area contributed by atoms with E-state index in [1.54, 1.807) is 0 Å². The van der Waals surface area contributed by atoms with E-state index in [1.807, 2.05) is 0 Å². The van der Waals surface area contributed by atoms with Crippen molar-refractivity contribution in [1.29, 1.82) is 0 Å². The number of thiol groups is 1. The van der Waals surface area contributed by atoms with Crippen molar-refractivity contribution >= 4 is 18.6 Å². The lowest BCUT2D eigenvalue weighted by molar-refractivity contribution is -0.141. The minimum Gasteiger partial charge on any atom is -0.455 e. The van der Waals surface area contributed by atoms with Crippen LogP contribution in [0.5, 0.6) is 0 Å². The lowest BCUT2D eigenvalue weighted by atomic mass is 9.75. The van der Waals surface area contributed by atoms with Crippen molar-refractivity contribution < 1.29 is 9.53 Å². The minimum absolute atomic E-state index is 0.0890. The monoisotopic (exact) mass is 322 g/mol. The molecule has 0 aliphatic carbocycles. The third kappa shape index (κ3) is 5.05. The normalized spacial score (nSPS) is 12.4. The highest BCUT2D eigenvalue weighted by atomic mass is 32.1. The summed E-state index contributed by atoms with van der Waals surface area (Å²) in [6.45, 7) is 15.6. The SMILES string of the molecule is Cc1c(C(C)(C)C)cc(CCC(=O)OCS)cc1C(C)(C)C. The van der Waals surface area contributed by atoms with Gasteiger partial charge < -0.3 is 4.74 Å². The summed E-state index contributed by atoms with van der Waals surface area (Å²) in [6, 6.07) is 4.50. The molecule has 0 spiro atoms. The number of rotatable bonds is 4. The maximum atomic E-state index is 11.6. The van der Waals surface area contributed by atoms with Crippen LogP contribution >= 0.6 is 12.6 Å². The molecule has 3 heteroatoms. The topological polar surface area (TPSA) is 26.3 Å². The molecule has 22 heavy (non-hydrogen) atoms. The fourth-order valence-electron chi connectivity index (χ4n) is 2.87. The summed E-state index contributed by atoms with van der Waals surface area (Å²) in [6.07, 6.45) is 1.11. The molecule has 0 unspecified atom stereocenters. The van der Waals surface area contributed by atoms with E-state index in [0.29, 0.717) is 12.8 Å². The molecular weight excluding hydrogens is 292 g/mol. The number of hydrogen-bond acceptors (Lipinski definition) is 3. The van der Waals surface area contributed by atoms with Crippen LogP contribution in [0.15, 0.2) is 12.1 Å². The molecule has 0 aliphatic heterocycles. The number of carbonyl (C=O) groups is 1. The maximum absolute atomic E-state index is 11.6. The smallest absolute Gasteiger partial charge is 0.306 e. The van der Waals surface area contributed by atoms with Gasteiger partial charge in [0.25, 0.3) is 0 Å². The van der Waals surface area contributed by atoms with E-state index in [9.17, 15) is 4.79 Å². The first kappa shape index (κ1) is 19.1. The zero-order valence-electron chi connectivity index (χ0n) is 15.0. The highest BCUT2D eigenvalue weighted by Gasteiger charge is 2.24. The molecule has 2 nitrogen and oxygen atoms in total. The molecule has 0 saturated carbocycles. The Balaban J connectivity index is 3.21. The Bertz CT molecular complexity index is 498. The average Bonchev–Trinajstić information content (AvgIpc) is 2.35. The van der Waals surface area contributed by atoms with E-state index < -0.39 is 0 Å². The second kappa shape index (κ2) is 7.08. The Kier molecular flexibility index (Phi) is 6.14. The van der Waals surface area contributed by atoms with Crippen LogP contribution in [0.1, 0.15) is 70.2 Å². The molecule has 1 aromatic carbocycles. The zero-order valence-corrected chi connectivity index (χ0v) is 15.9. The molecule has 0 N–H and O–H groups in total. The third-order valence-electron chi connectivity index (χ3n) is 3.93. The molecule has 0 atom stereocenters. The summed E-state index contributed by atoms with van der Waals surface area (Å²) >= 11 is 3.92. The summed E-state index contributed by atoms with van der Waals surface area (Å²) in [5, 5.41) is 0. The van der Waals surface area contributed by atoms with E-state index in [-0.39, 0.29) is 22.7 Å². The van der Waals surface area contributed by atoms with Crippen molar-refractivity contribution in [1.82, 2.24) is 0 Å². The first-order valence-electron chi connectivity index (χ1n) is 7.87. The minimum atomic E-state index is -0.190. The largest absolute Gasteiger partial charge is 0.455 e. The quantitative estimate of drug-likeness (QED) is 0.482. The van der Waals surface area contributed by atoms with Gasteiger partial charge in [-0.1, -0.05) is 53.7 Å². The molecule has 0 amide bonds. The van der Waals surface area contributed by atoms with Crippen molar-refractivity contribution in [3.05, 3.63) is 34.4 Å². The van der Waals surface area contributed by atoms with Crippen LogP contribution in [0, 0.1) is 6.92 Å². The van der Waals surface area contributed by atoms with Gasteiger partial charge in [0.15, 0.2) is 0 Å². The van der Waals surface area contributed by atoms with Gasteiger partial charge in [0.05, 0.1) is 0 Å². The van der Waals surface area contributed by atoms with E-state index in [0.717, 1.165) is 0 Å². The van der Waals surface area contributed by atoms with E-state index in [4.69, 9.17) is 4.74 Å². The van der Waals surface area contributed by atoms with Crippen LogP contribution in [0.25, 0.3) is 0 Å². The molecule has 0 fully saturated rings. The zero-order chi connectivity index (χ0) is 17.1. The third-order valence-corrected chi connectivity index (χ3v) is 4.06. The Labute approximate surface area is 141 Å². The van der Waals surface area contributed by atoms with Crippen molar-refractivity contribution in [3.8, 4) is 0 Å². The molecule has 1 rings (SSSR count). The molecule has 124 valence electrons. The fraction of sp³-hybridized carbons (Fsp3) is 0.632. The van der Waals surface area contributed by atoms with Crippen LogP contribution in [0.3, 0.4) is 0 Å². The lowest BCUT2D eigenvalue weighted by Gasteiger charge is -2.30. The van der Waals surface area contributed by atoms with Gasteiger partial charge in [-0.15, -0.1) is 12.6 Å². The number of aryl methyl sites for hydroxylation is 1. The predicted octanol–water partition coefficient (Wildman–Crippen LogP) is 4.95. The summed E-state index contributed by atoms with van der Waals surface area (Å²) in [4.78, 5) is 11.6. The average molecular weight is 323 g/mol. The second-order valence-corrected chi connectivity index (χ2v) is 8.22. The van der Waals surface area contributed by atoms with E-state index >= 15 is 0 Å². The molecule has 0 aliphatic rings. The number of carbonyl (C=O) groups excluding carboxylic acids is 1. The van der Waals surface area contributed by atoms with Crippen LogP contribution in [-0.4, -0.2) is 11.9 Å². The summed E-state index contributed by atoms with van der Waals surface area (Å²) in [7, 11) is 0. The standard InChI is InChI=1S/C19H30O2S/c1-13-15(18(2,3)4)10-14(8-9-17(20)21-12-22)11-16(13)19(5,6)7/h10-11,22H,8-9,12H2,1-7H3. The van der Waals surface area contributed by atoms with Crippen molar-refractivity contribution in [2.24, 2.45) is 0 Å². The predicted molar refractivity (Wildman–Crippen MR) is 96.8 cm³/mol. The van der Waals surface area contributed by atoms with E-state index in [2.05, 4.69) is 73.2 Å². The van der Waals surface area contributed by atoms with Gasteiger partial charge in [-0.2, -0.15) is 0 Å². The van der Waals surface area contributed by atoms with Gasteiger partial charge in [0.1, 0.15) is 5.94 Å². The number of ether oxygens (including phenoxy) is 1. The van der Waals surface area contributed by atoms with Crippen molar-refractivity contribution in [3.63, 3.8) is 0 Å². The Morgan fingerprint density at radius 3 is 1.86 bits per heavy atom. The van der Waals surface area contributed by atoms with Crippen molar-refractivity contribution in [2.45, 2.75) is 72.1 Å². The number of esters is 1. The summed E-state index contributed by atoms with van der Waals surface area (Å²) in [5.41, 5.74) is 5.46. The molecule has 0 radical (unpaired) electrons. The molecular formula is C19H30O2S. The van der Waals surface area contributed by atoms with Gasteiger partial charge in [0.2, 0.25) is 0 Å². The van der Waals surface area contributed by atoms with Gasteiger partial charge in [0, 0.05) is 6.42 Å². The molecule has 0 bridgehead atoms. The first-order valence-corrected chi connectivity index (χ1v) is 8.51. The fourth-order valence-corrected chi connectivity index (χ4v) is 3.01. The number of hydrogen-bond donors (Lipinski definition) is 1. The molecule has 0 heterocycles. The highest BCUT2D eigenvalue weighted by Crippen LogP contribution is 2.34. The van der Waals surface area contributed by atoms with Gasteiger partial charge >= 0.3 is 5.97 Å². The van der Waals surface area contributed by atoms with Crippen LogP contribution < -0.4 is 0 Å². The molecule has 1 aromatic rings. The van der Waals surface area contributed by atoms with Crippen molar-refractivity contribution in [2.75, 3.05) is 5.94 Å². The van der Waals surface area contributed by atoms with Gasteiger partial charge in [-0.05, 0) is 46.4 Å². The molecule has 0 saturated heterocycles. The van der Waals surface area contributed by atoms with Crippen LogP contribution in [-0.2, 0) is 26.8 Å².